The average Bonchev–Trinajstić information content (AvgIpc) is 0.681. The molecule has 0 aliphatic heterocycles. The molecule has 11 aromatic rings. The molecule has 0 saturated heterocycles. The summed E-state index contributed by atoms with van der Waals surface area (Å²) < 4.78 is 28.7. The third kappa shape index (κ3) is 13.5. The third-order valence-corrected chi connectivity index (χ3v) is 17.7. The number of para-hydroxylation sites is 2. The van der Waals surface area contributed by atoms with Gasteiger partial charge in [-0.25, -0.2) is 9.59 Å². The van der Waals surface area contributed by atoms with Crippen molar-refractivity contribution in [3.05, 3.63) is 224 Å². The third-order valence-electron chi connectivity index (χ3n) is 17.7. The molecule has 96 heavy (non-hydrogen) atoms. The van der Waals surface area contributed by atoms with E-state index in [1.54, 1.807) is 60.7 Å². The van der Waals surface area contributed by atoms with Gasteiger partial charge in [0.2, 0.25) is 0 Å². The molecule has 11 rings (SSSR count). The van der Waals surface area contributed by atoms with Gasteiger partial charge >= 0.3 is 11.9 Å². The zero-order valence-corrected chi connectivity index (χ0v) is 55.4. The second kappa shape index (κ2) is 28.7. The van der Waals surface area contributed by atoms with Crippen LogP contribution in [0, 0.1) is 0 Å². The van der Waals surface area contributed by atoms with E-state index in [1.165, 1.54) is 12.1 Å². The van der Waals surface area contributed by atoms with Crippen LogP contribution >= 0.6 is 0 Å². The maximum Gasteiger partial charge on any atom is 0.336 e. The average molecular weight is 1290 g/mol. The van der Waals surface area contributed by atoms with Crippen LogP contribution in [0.4, 0.5) is 11.4 Å². The van der Waals surface area contributed by atoms with E-state index in [2.05, 4.69) is 66.0 Å². The van der Waals surface area contributed by atoms with Gasteiger partial charge in [0.05, 0.1) is 22.3 Å². The number of rotatable bonds is 26. The Morgan fingerprint density at radius 1 is 0.333 bits per heavy atom. The van der Waals surface area contributed by atoms with Gasteiger partial charge in [0, 0.05) is 54.5 Å². The molecule has 11 aromatic carbocycles. The number of nitrogens with two attached hydrogens (primary N) is 4. The van der Waals surface area contributed by atoms with E-state index in [1.807, 2.05) is 84.9 Å². The first-order valence-corrected chi connectivity index (χ1v) is 32.8. The van der Waals surface area contributed by atoms with Gasteiger partial charge in [-0.2, -0.15) is 0 Å². The highest BCUT2D eigenvalue weighted by molar-refractivity contribution is 6.43. The molecule has 0 saturated carbocycles. The smallest absolute Gasteiger partial charge is 0.336 e. The lowest BCUT2D eigenvalue weighted by Gasteiger charge is -2.27. The molecule has 0 bridgehead atoms. The van der Waals surface area contributed by atoms with Crippen molar-refractivity contribution in [3.63, 3.8) is 0 Å². The Bertz CT molecular complexity index is 4390. The van der Waals surface area contributed by atoms with Crippen molar-refractivity contribution in [2.45, 2.75) is 105 Å². The summed E-state index contributed by atoms with van der Waals surface area (Å²) in [7, 11) is 0. The van der Waals surface area contributed by atoms with Crippen molar-refractivity contribution in [3.8, 4) is 46.0 Å². The number of amides is 2. The number of benzene rings is 11. The monoisotopic (exact) mass is 1290 g/mol. The van der Waals surface area contributed by atoms with Gasteiger partial charge in [-0.05, 0) is 193 Å². The summed E-state index contributed by atoms with van der Waals surface area (Å²) in [6.45, 7) is 18.0. The highest BCUT2D eigenvalue weighted by Gasteiger charge is 2.36. The first-order chi connectivity index (χ1) is 46.2. The van der Waals surface area contributed by atoms with Crippen molar-refractivity contribution in [2.24, 2.45) is 22.9 Å². The maximum atomic E-state index is 16.6. The topological polar surface area (TPSA) is 274 Å². The van der Waals surface area contributed by atoms with Crippen molar-refractivity contribution >= 4 is 78.2 Å². The van der Waals surface area contributed by atoms with Crippen molar-refractivity contribution in [2.75, 3.05) is 36.8 Å². The number of carbonyl (C=O) groups excluding carboxylic acids is 2. The quantitative estimate of drug-likeness (QED) is 0.0185. The number of ether oxygens (including phenoxy) is 4. The molecular weight excluding hydrogens is 1200 g/mol. The minimum absolute atomic E-state index is 0.00186. The fraction of sp³-hybridized carbons (Fsp3) is 0.250. The first-order valence-electron chi connectivity index (χ1n) is 32.8. The molecule has 492 valence electrons. The Hall–Kier alpha value is -10.4. The Balaban J connectivity index is 1.42. The molecule has 0 radical (unpaired) electrons. The van der Waals surface area contributed by atoms with Gasteiger partial charge in [0.1, 0.15) is 46.0 Å². The zero-order chi connectivity index (χ0) is 68.2. The fourth-order valence-corrected chi connectivity index (χ4v) is 13.0. The number of hydrogen-bond donors (Lipinski definition) is 8. The largest absolute Gasteiger partial charge is 0.478 e. The molecule has 16 heteroatoms. The Morgan fingerprint density at radius 2 is 0.562 bits per heavy atom. The fourth-order valence-electron chi connectivity index (χ4n) is 13.0. The van der Waals surface area contributed by atoms with E-state index >= 15 is 9.59 Å². The number of carboxylic acid groups (broad SMARTS) is 2. The molecule has 16 nitrogen and oxygen atoms in total. The molecule has 0 aliphatic rings. The Morgan fingerprint density at radius 3 is 0.781 bits per heavy atom. The number of hydrogen-bond acceptors (Lipinski definition) is 12. The van der Waals surface area contributed by atoms with E-state index in [0.29, 0.717) is 74.7 Å². The van der Waals surface area contributed by atoms with Crippen LogP contribution in [-0.2, 0) is 25.7 Å². The number of nitrogens with one attached hydrogen (secondary N) is 2. The van der Waals surface area contributed by atoms with Crippen LogP contribution in [0.25, 0.3) is 43.1 Å². The van der Waals surface area contributed by atoms with Gasteiger partial charge in [0.25, 0.3) is 11.8 Å². The van der Waals surface area contributed by atoms with Crippen molar-refractivity contribution in [1.82, 2.24) is 0 Å². The molecule has 12 N–H and O–H groups in total. The van der Waals surface area contributed by atoms with E-state index < -0.39 is 34.9 Å². The van der Waals surface area contributed by atoms with Crippen LogP contribution in [0.3, 0.4) is 0 Å². The number of fused-ring (bicyclic) bond motifs is 2. The number of anilines is 2. The van der Waals surface area contributed by atoms with Gasteiger partial charge in [-0.15, -0.1) is 0 Å². The molecular formula is C80H82N6O10. The standard InChI is InChI=1S/C80H82N6O10/c1-43(2)55-11-9-12-56(44(3)4)75(55)85-77(87)59-39-63(93-51-23-15-47(16-24-51)31-35-81)69-71-65(95-53-27-19-49(20-28-53)33-37-83)41-61(79(89)90)68-62(80(91)92)42-66(96-54-29-21-50(22-30-54)34-38-84)72(74(68)71)70-64(94-52-25-17-48(18-26-52)32-36-82)40-60(67(59)73(69)70)78(88)86-76-57(45(5)6)13-10-14-58(76)46(7)8/h9-30,39-46H,31-38,81-84H2,1-8H3,(H,85,87)(H,86,88)(H,89,90)(H,91,92). The Labute approximate surface area is 558 Å². The number of aromatic carboxylic acids is 2. The molecule has 2 amide bonds. The summed E-state index contributed by atoms with van der Waals surface area (Å²) in [5.74, 6) is -3.13. The van der Waals surface area contributed by atoms with Crippen LogP contribution in [-0.4, -0.2) is 60.1 Å². The predicted octanol–water partition coefficient (Wildman–Crippen LogP) is 17.3. The lowest BCUT2D eigenvalue weighted by atomic mass is 9.82. The Kier molecular flexibility index (Phi) is 20.1. The summed E-state index contributed by atoms with van der Waals surface area (Å²) in [5.41, 5.74) is 31.7. The highest BCUT2D eigenvalue weighted by Crippen LogP contribution is 2.57. The summed E-state index contributed by atoms with van der Waals surface area (Å²) >= 11 is 0. The van der Waals surface area contributed by atoms with Gasteiger partial charge in [-0.3, -0.25) is 9.59 Å². The zero-order valence-electron chi connectivity index (χ0n) is 55.4. The van der Waals surface area contributed by atoms with Gasteiger partial charge in [0.15, 0.2) is 0 Å². The molecule has 0 unspecified atom stereocenters. The molecule has 0 spiro atoms. The van der Waals surface area contributed by atoms with Crippen LogP contribution in [0.1, 0.15) is 165 Å². The van der Waals surface area contributed by atoms with E-state index in [-0.39, 0.29) is 112 Å². The second-order valence-corrected chi connectivity index (χ2v) is 25.6. The SMILES string of the molecule is CC(C)c1cccc(C(C)C)c1NC(=O)c1cc(Oc2ccc(CCN)cc2)c2c3c(Oc4ccc(CCN)cc4)cc(C(=O)O)c4c(C(=O)O)cc(Oc5ccc(CCN)cc5)c(c5c(Oc6ccc(CCN)cc6)cc(C(=O)Nc6c(C(C)C)cccc6C(C)C)c1c25)c43. The number of carbonyl (C=O) groups is 4. The summed E-state index contributed by atoms with van der Waals surface area (Å²) in [6.07, 6.45) is 2.27. The lowest BCUT2D eigenvalue weighted by Crippen LogP contribution is -2.20. The maximum absolute atomic E-state index is 16.6. The van der Waals surface area contributed by atoms with Crippen LogP contribution in [0.2, 0.25) is 0 Å². The lowest BCUT2D eigenvalue weighted by molar-refractivity contribution is 0.0695. The second-order valence-electron chi connectivity index (χ2n) is 25.6. The highest BCUT2D eigenvalue weighted by atomic mass is 16.5. The molecule has 0 aliphatic carbocycles. The van der Waals surface area contributed by atoms with Crippen molar-refractivity contribution < 1.29 is 48.3 Å². The van der Waals surface area contributed by atoms with E-state index in [4.69, 9.17) is 41.9 Å². The normalized spacial score (nSPS) is 11.7. The summed E-state index contributed by atoms with van der Waals surface area (Å²) in [4.78, 5) is 61.7. The minimum atomic E-state index is -1.47. The summed E-state index contributed by atoms with van der Waals surface area (Å²) in [5, 5.41) is 30.9. The van der Waals surface area contributed by atoms with Crippen LogP contribution < -0.4 is 52.5 Å². The van der Waals surface area contributed by atoms with Gasteiger partial charge < -0.3 is 62.7 Å². The summed E-state index contributed by atoms with van der Waals surface area (Å²) in [6, 6.07) is 46.9. The predicted molar refractivity (Wildman–Crippen MR) is 384 cm³/mol. The van der Waals surface area contributed by atoms with Crippen LogP contribution in [0.15, 0.2) is 158 Å². The molecule has 0 aromatic heterocycles. The minimum Gasteiger partial charge on any atom is -0.478 e. The van der Waals surface area contributed by atoms with Crippen molar-refractivity contribution in [1.29, 1.82) is 0 Å². The molecule has 0 fully saturated rings. The number of carboxylic acids is 2. The first kappa shape index (κ1) is 67.1. The van der Waals surface area contributed by atoms with E-state index in [9.17, 15) is 19.8 Å². The molecule has 0 atom stereocenters. The van der Waals surface area contributed by atoms with E-state index in [0.717, 1.165) is 44.5 Å². The van der Waals surface area contributed by atoms with Gasteiger partial charge in [-0.1, -0.05) is 140 Å². The molecule has 0 heterocycles. The van der Waals surface area contributed by atoms with Crippen LogP contribution in [0.5, 0.6) is 46.0 Å².